The number of imidazole rings is 1. The van der Waals surface area contributed by atoms with Crippen LogP contribution < -0.4 is 16.2 Å². The molecule has 1 amide bonds. The number of nitrogens with zero attached hydrogens (tertiary/aromatic N) is 3. The lowest BCUT2D eigenvalue weighted by Crippen LogP contribution is -2.35. The topological polar surface area (TPSA) is 105 Å². The molecule has 4 rings (SSSR count). The fourth-order valence-electron chi connectivity index (χ4n) is 3.56. The lowest BCUT2D eigenvalue weighted by Gasteiger charge is -2.18. The van der Waals surface area contributed by atoms with Crippen LogP contribution in [0.5, 0.6) is 0 Å². The number of aromatic amines is 1. The number of aryl methyl sites for hydroxylation is 2. The van der Waals surface area contributed by atoms with E-state index in [0.29, 0.717) is 5.69 Å². The molecule has 4 aromatic rings. The standard InChI is InChI=1S/C24H24F2N6O2/c1-15-11-28-22(29-14-24(25,26)18-6-4-3-5-7-18)23(34)32(15)13-21(33)27-12-17-8-9-19-20(10-17)31-16(2)30-19/h3-11H,12-14H2,1-2H3,(H,27,33)(H,28,29)(H,30,31). The van der Waals surface area contributed by atoms with E-state index in [1.54, 1.807) is 13.0 Å². The van der Waals surface area contributed by atoms with Crippen LogP contribution in [-0.4, -0.2) is 32.0 Å². The van der Waals surface area contributed by atoms with Gasteiger partial charge in [0.1, 0.15) is 12.4 Å². The largest absolute Gasteiger partial charge is 0.359 e. The van der Waals surface area contributed by atoms with Crippen LogP contribution in [0.4, 0.5) is 14.6 Å². The summed E-state index contributed by atoms with van der Waals surface area (Å²) in [6, 6.07) is 12.9. The summed E-state index contributed by atoms with van der Waals surface area (Å²) in [5.74, 6) is -3.03. The number of anilines is 1. The van der Waals surface area contributed by atoms with E-state index in [1.165, 1.54) is 35.0 Å². The van der Waals surface area contributed by atoms with E-state index >= 15 is 0 Å². The zero-order valence-electron chi connectivity index (χ0n) is 18.7. The third-order valence-electron chi connectivity index (χ3n) is 5.38. The van der Waals surface area contributed by atoms with Gasteiger partial charge in [0.2, 0.25) is 5.91 Å². The number of aromatic nitrogens is 4. The first kappa shape index (κ1) is 23.1. The number of hydrogen-bond acceptors (Lipinski definition) is 5. The normalized spacial score (nSPS) is 11.5. The van der Waals surface area contributed by atoms with Gasteiger partial charge in [0.25, 0.3) is 11.5 Å². The van der Waals surface area contributed by atoms with Crippen LogP contribution in [0.25, 0.3) is 11.0 Å². The molecule has 0 spiro atoms. The third-order valence-corrected chi connectivity index (χ3v) is 5.38. The van der Waals surface area contributed by atoms with Crippen molar-refractivity contribution in [3.05, 3.63) is 87.7 Å². The number of rotatable bonds is 8. The molecule has 8 nitrogen and oxygen atoms in total. The van der Waals surface area contributed by atoms with E-state index in [4.69, 9.17) is 0 Å². The van der Waals surface area contributed by atoms with Gasteiger partial charge in [-0.2, -0.15) is 8.78 Å². The fraction of sp³-hybridized carbons (Fsp3) is 0.250. The second-order valence-corrected chi connectivity index (χ2v) is 8.01. The van der Waals surface area contributed by atoms with E-state index in [0.717, 1.165) is 22.4 Å². The molecule has 2 aromatic carbocycles. The molecule has 0 aliphatic rings. The maximum Gasteiger partial charge on any atom is 0.293 e. The predicted octanol–water partition coefficient (Wildman–Crippen LogP) is 3.26. The van der Waals surface area contributed by atoms with Gasteiger partial charge in [-0.15, -0.1) is 0 Å². The SMILES string of the molecule is Cc1nc2ccc(CNC(=O)Cn3c(C)cnc(NCC(F)(F)c4ccccc4)c3=O)cc2[nH]1. The monoisotopic (exact) mass is 466 g/mol. The molecule has 0 radical (unpaired) electrons. The average molecular weight is 466 g/mol. The van der Waals surface area contributed by atoms with Crippen LogP contribution in [0.1, 0.15) is 22.6 Å². The number of hydrogen-bond donors (Lipinski definition) is 3. The Morgan fingerprint density at radius 1 is 1.15 bits per heavy atom. The summed E-state index contributed by atoms with van der Waals surface area (Å²) in [7, 11) is 0. The Bertz CT molecular complexity index is 1380. The van der Waals surface area contributed by atoms with E-state index < -0.39 is 23.9 Å². The number of nitrogens with one attached hydrogen (secondary N) is 3. The summed E-state index contributed by atoms with van der Waals surface area (Å²) in [4.78, 5) is 36.8. The molecule has 0 aliphatic heterocycles. The average Bonchev–Trinajstić information content (AvgIpc) is 3.19. The van der Waals surface area contributed by atoms with Gasteiger partial charge in [-0.1, -0.05) is 36.4 Å². The van der Waals surface area contributed by atoms with Gasteiger partial charge in [-0.3, -0.25) is 14.2 Å². The summed E-state index contributed by atoms with van der Waals surface area (Å²) in [6.45, 7) is 2.69. The molecule has 10 heteroatoms. The minimum absolute atomic E-state index is 0.169. The number of amides is 1. The highest BCUT2D eigenvalue weighted by Gasteiger charge is 2.31. The van der Waals surface area contributed by atoms with Crippen LogP contribution in [0, 0.1) is 13.8 Å². The first-order valence-corrected chi connectivity index (χ1v) is 10.7. The van der Waals surface area contributed by atoms with Crippen LogP contribution in [-0.2, 0) is 23.8 Å². The van der Waals surface area contributed by atoms with E-state index in [1.807, 2.05) is 25.1 Å². The lowest BCUT2D eigenvalue weighted by atomic mass is 10.1. The Hall–Kier alpha value is -4.08. The lowest BCUT2D eigenvalue weighted by molar-refractivity contribution is -0.121. The summed E-state index contributed by atoms with van der Waals surface area (Å²) >= 11 is 0. The molecule has 0 unspecified atom stereocenters. The number of carbonyl (C=O) groups is 1. The van der Waals surface area contributed by atoms with Gasteiger partial charge in [-0.25, -0.2) is 9.97 Å². The molecule has 2 heterocycles. The molecule has 0 atom stereocenters. The Kier molecular flexibility index (Phi) is 6.40. The summed E-state index contributed by atoms with van der Waals surface area (Å²) in [5, 5.41) is 5.21. The van der Waals surface area contributed by atoms with Crippen molar-refractivity contribution in [2.45, 2.75) is 32.9 Å². The summed E-state index contributed by atoms with van der Waals surface area (Å²) in [6.07, 6.45) is 1.37. The van der Waals surface area contributed by atoms with Gasteiger partial charge in [0, 0.05) is 24.0 Å². The maximum atomic E-state index is 14.5. The third kappa shape index (κ3) is 5.11. The van der Waals surface area contributed by atoms with Crippen LogP contribution in [0.2, 0.25) is 0 Å². The molecule has 0 aliphatic carbocycles. The van der Waals surface area contributed by atoms with Crippen molar-refractivity contribution >= 4 is 22.8 Å². The van der Waals surface area contributed by atoms with Crippen molar-refractivity contribution in [2.24, 2.45) is 0 Å². The quantitative estimate of drug-likeness (QED) is 0.370. The van der Waals surface area contributed by atoms with Crippen molar-refractivity contribution < 1.29 is 13.6 Å². The van der Waals surface area contributed by atoms with Crippen LogP contribution in [0.3, 0.4) is 0 Å². The van der Waals surface area contributed by atoms with Crippen molar-refractivity contribution in [2.75, 3.05) is 11.9 Å². The Labute approximate surface area is 194 Å². The van der Waals surface area contributed by atoms with Crippen molar-refractivity contribution in [3.63, 3.8) is 0 Å². The Morgan fingerprint density at radius 3 is 2.68 bits per heavy atom. The highest BCUT2D eigenvalue weighted by atomic mass is 19.3. The zero-order valence-corrected chi connectivity index (χ0v) is 18.7. The van der Waals surface area contributed by atoms with Gasteiger partial charge >= 0.3 is 0 Å². The van der Waals surface area contributed by atoms with E-state index in [2.05, 4.69) is 25.6 Å². The second kappa shape index (κ2) is 9.42. The minimum atomic E-state index is -3.20. The van der Waals surface area contributed by atoms with E-state index in [9.17, 15) is 18.4 Å². The van der Waals surface area contributed by atoms with Gasteiger partial charge in [0.15, 0.2) is 5.82 Å². The number of carbonyl (C=O) groups excluding carboxylic acids is 1. The molecule has 0 bridgehead atoms. The molecule has 2 aromatic heterocycles. The van der Waals surface area contributed by atoms with Gasteiger partial charge in [0.05, 0.1) is 17.6 Å². The van der Waals surface area contributed by atoms with Crippen molar-refractivity contribution in [1.82, 2.24) is 24.8 Å². The number of fused-ring (bicyclic) bond motifs is 1. The molecule has 176 valence electrons. The van der Waals surface area contributed by atoms with E-state index in [-0.39, 0.29) is 24.5 Å². The fourth-order valence-corrected chi connectivity index (χ4v) is 3.56. The van der Waals surface area contributed by atoms with Crippen molar-refractivity contribution in [1.29, 1.82) is 0 Å². The predicted molar refractivity (Wildman–Crippen MR) is 125 cm³/mol. The van der Waals surface area contributed by atoms with Gasteiger partial charge < -0.3 is 15.6 Å². The summed E-state index contributed by atoms with van der Waals surface area (Å²) in [5.41, 5.74) is 2.20. The molecule has 34 heavy (non-hydrogen) atoms. The molecular formula is C24H24F2N6O2. The second-order valence-electron chi connectivity index (χ2n) is 8.01. The number of alkyl halides is 2. The Morgan fingerprint density at radius 2 is 1.91 bits per heavy atom. The maximum absolute atomic E-state index is 14.5. The zero-order chi connectivity index (χ0) is 24.3. The molecule has 0 fully saturated rings. The first-order chi connectivity index (χ1) is 16.2. The molecular weight excluding hydrogens is 442 g/mol. The highest BCUT2D eigenvalue weighted by molar-refractivity contribution is 5.77. The Balaban J connectivity index is 1.41. The van der Waals surface area contributed by atoms with Gasteiger partial charge in [-0.05, 0) is 31.5 Å². The number of halogens is 2. The highest BCUT2D eigenvalue weighted by Crippen LogP contribution is 2.27. The molecule has 3 N–H and O–H groups in total. The smallest absolute Gasteiger partial charge is 0.293 e. The number of benzene rings is 2. The van der Waals surface area contributed by atoms with Crippen LogP contribution in [0.15, 0.2) is 59.5 Å². The first-order valence-electron chi connectivity index (χ1n) is 10.7. The molecule has 0 saturated heterocycles. The minimum Gasteiger partial charge on any atom is -0.359 e. The number of H-pyrrole nitrogens is 1. The summed E-state index contributed by atoms with van der Waals surface area (Å²) < 4.78 is 30.1. The van der Waals surface area contributed by atoms with Crippen molar-refractivity contribution in [3.8, 4) is 0 Å². The molecule has 0 saturated carbocycles. The van der Waals surface area contributed by atoms with Crippen LogP contribution >= 0.6 is 0 Å².